The van der Waals surface area contributed by atoms with Crippen molar-refractivity contribution in [2.75, 3.05) is 18.0 Å². The summed E-state index contributed by atoms with van der Waals surface area (Å²) in [4.78, 5) is 28.6. The molecule has 1 fully saturated rings. The van der Waals surface area contributed by atoms with Crippen molar-refractivity contribution in [3.63, 3.8) is 0 Å². The first-order chi connectivity index (χ1) is 12.6. The highest BCUT2D eigenvalue weighted by atomic mass is 35.5. The molecule has 1 amide bonds. The molecule has 6 nitrogen and oxygen atoms in total. The van der Waals surface area contributed by atoms with Crippen molar-refractivity contribution in [1.29, 1.82) is 0 Å². The summed E-state index contributed by atoms with van der Waals surface area (Å²) < 4.78 is 5.01. The third-order valence-electron chi connectivity index (χ3n) is 4.71. The van der Waals surface area contributed by atoms with Crippen LogP contribution in [-0.4, -0.2) is 30.0 Å². The molecule has 1 aliphatic heterocycles. The van der Waals surface area contributed by atoms with Gasteiger partial charge < -0.3 is 14.6 Å². The number of fused-ring (bicyclic) bond motifs is 1. The van der Waals surface area contributed by atoms with Crippen molar-refractivity contribution >= 4 is 34.3 Å². The summed E-state index contributed by atoms with van der Waals surface area (Å²) in [6.07, 6.45) is 1.74. The highest BCUT2D eigenvalue weighted by molar-refractivity contribution is 6.30. The fourth-order valence-corrected chi connectivity index (χ4v) is 3.42. The Balaban J connectivity index is 1.37. The number of rotatable bonds is 3. The number of benzene rings is 2. The van der Waals surface area contributed by atoms with Crippen LogP contribution in [0, 0.1) is 0 Å². The van der Waals surface area contributed by atoms with E-state index in [-0.39, 0.29) is 11.9 Å². The van der Waals surface area contributed by atoms with Crippen molar-refractivity contribution < 1.29 is 9.21 Å². The number of anilines is 1. The van der Waals surface area contributed by atoms with Gasteiger partial charge in [0.05, 0.1) is 5.52 Å². The summed E-state index contributed by atoms with van der Waals surface area (Å²) in [5, 5.41) is 3.80. The minimum Gasteiger partial charge on any atom is -0.408 e. The van der Waals surface area contributed by atoms with E-state index in [2.05, 4.69) is 15.2 Å². The lowest BCUT2D eigenvalue weighted by atomic mass is 10.0. The normalized spacial score (nSPS) is 15.3. The summed E-state index contributed by atoms with van der Waals surface area (Å²) in [6, 6.07) is 12.9. The van der Waals surface area contributed by atoms with E-state index >= 15 is 0 Å². The minimum absolute atomic E-state index is 0.125. The van der Waals surface area contributed by atoms with Gasteiger partial charge in [-0.15, -0.1) is 0 Å². The molecule has 1 aromatic heterocycles. The lowest BCUT2D eigenvalue weighted by Gasteiger charge is -2.34. The number of hydrogen-bond acceptors (Lipinski definition) is 4. The molecule has 26 heavy (non-hydrogen) atoms. The van der Waals surface area contributed by atoms with Crippen LogP contribution in [0.3, 0.4) is 0 Å². The summed E-state index contributed by atoms with van der Waals surface area (Å²) in [7, 11) is 0. The van der Waals surface area contributed by atoms with E-state index in [4.69, 9.17) is 16.0 Å². The fraction of sp³-hybridized carbons (Fsp3) is 0.263. The van der Waals surface area contributed by atoms with Gasteiger partial charge in [0.15, 0.2) is 5.58 Å². The molecule has 3 aromatic rings. The number of aromatic amines is 1. The third-order valence-corrected chi connectivity index (χ3v) is 4.96. The molecule has 2 N–H and O–H groups in total. The number of aromatic nitrogens is 1. The predicted molar refractivity (Wildman–Crippen MR) is 101 cm³/mol. The highest BCUT2D eigenvalue weighted by Gasteiger charge is 2.21. The maximum Gasteiger partial charge on any atom is 0.417 e. The summed E-state index contributed by atoms with van der Waals surface area (Å²) in [5.74, 6) is -0.673. The van der Waals surface area contributed by atoms with Crippen molar-refractivity contribution in [1.82, 2.24) is 10.3 Å². The van der Waals surface area contributed by atoms with Gasteiger partial charge in [0.25, 0.3) is 5.91 Å². The zero-order chi connectivity index (χ0) is 18.1. The molecule has 0 bridgehead atoms. The van der Waals surface area contributed by atoms with Gasteiger partial charge in [-0.25, -0.2) is 4.79 Å². The molecule has 0 aliphatic carbocycles. The molecule has 0 saturated carbocycles. The van der Waals surface area contributed by atoms with Gasteiger partial charge in [0.2, 0.25) is 0 Å². The van der Waals surface area contributed by atoms with Crippen molar-refractivity contribution in [2.45, 2.75) is 18.9 Å². The lowest BCUT2D eigenvalue weighted by Crippen LogP contribution is -2.44. The van der Waals surface area contributed by atoms with Crippen LogP contribution in [0.4, 0.5) is 5.69 Å². The van der Waals surface area contributed by atoms with Gasteiger partial charge >= 0.3 is 5.76 Å². The molecule has 134 valence electrons. The van der Waals surface area contributed by atoms with Gasteiger partial charge in [-0.2, -0.15) is 0 Å². The predicted octanol–water partition coefficient (Wildman–Crippen LogP) is 3.17. The van der Waals surface area contributed by atoms with E-state index < -0.39 is 5.76 Å². The Morgan fingerprint density at radius 2 is 1.88 bits per heavy atom. The second-order valence-electron chi connectivity index (χ2n) is 6.44. The molecule has 1 aliphatic rings. The van der Waals surface area contributed by atoms with Gasteiger partial charge in [0, 0.05) is 35.4 Å². The molecule has 2 heterocycles. The van der Waals surface area contributed by atoms with Crippen LogP contribution in [0.2, 0.25) is 5.02 Å². The largest absolute Gasteiger partial charge is 0.417 e. The molecular weight excluding hydrogens is 354 g/mol. The SMILES string of the molecule is O=C(NC1CCN(c2ccc(Cl)cc2)CC1)c1ccc2[nH]c(=O)oc2c1. The van der Waals surface area contributed by atoms with Crippen LogP contribution in [0.5, 0.6) is 0 Å². The molecular formula is C19H18ClN3O3. The molecule has 1 saturated heterocycles. The van der Waals surface area contributed by atoms with Crippen molar-refractivity contribution in [3.8, 4) is 0 Å². The second-order valence-corrected chi connectivity index (χ2v) is 6.87. The van der Waals surface area contributed by atoms with Crippen LogP contribution < -0.4 is 16.0 Å². The van der Waals surface area contributed by atoms with E-state index in [1.807, 2.05) is 24.3 Å². The highest BCUT2D eigenvalue weighted by Crippen LogP contribution is 2.22. The third kappa shape index (κ3) is 3.46. The van der Waals surface area contributed by atoms with Gasteiger partial charge in [-0.3, -0.25) is 9.78 Å². The summed E-state index contributed by atoms with van der Waals surface area (Å²) >= 11 is 5.94. The Morgan fingerprint density at radius 1 is 1.15 bits per heavy atom. The standard InChI is InChI=1S/C19H18ClN3O3/c20-13-2-4-15(5-3-13)23-9-7-14(8-10-23)21-18(24)12-1-6-16-17(11-12)26-19(25)22-16/h1-6,11,14H,7-10H2,(H,21,24)(H,22,25). The topological polar surface area (TPSA) is 78.3 Å². The molecule has 7 heteroatoms. The van der Waals surface area contributed by atoms with Gasteiger partial charge in [0.1, 0.15) is 0 Å². The number of nitrogens with one attached hydrogen (secondary N) is 2. The number of carbonyl (C=O) groups excluding carboxylic acids is 1. The molecule has 2 aromatic carbocycles. The number of halogens is 1. The zero-order valence-corrected chi connectivity index (χ0v) is 14.8. The average Bonchev–Trinajstić information content (AvgIpc) is 3.02. The molecule has 4 rings (SSSR count). The number of hydrogen-bond donors (Lipinski definition) is 2. The Hall–Kier alpha value is -2.73. The molecule has 0 atom stereocenters. The fourth-order valence-electron chi connectivity index (χ4n) is 3.29. The second kappa shape index (κ2) is 6.88. The van der Waals surface area contributed by atoms with Crippen molar-refractivity contribution in [2.24, 2.45) is 0 Å². The van der Waals surface area contributed by atoms with Crippen LogP contribution in [0.1, 0.15) is 23.2 Å². The first-order valence-electron chi connectivity index (χ1n) is 8.53. The van der Waals surface area contributed by atoms with E-state index in [0.29, 0.717) is 16.7 Å². The minimum atomic E-state index is -0.521. The molecule has 0 unspecified atom stereocenters. The monoisotopic (exact) mass is 371 g/mol. The smallest absolute Gasteiger partial charge is 0.408 e. The van der Waals surface area contributed by atoms with Crippen LogP contribution in [-0.2, 0) is 0 Å². The Labute approximate surface area is 154 Å². The summed E-state index contributed by atoms with van der Waals surface area (Å²) in [5.41, 5.74) is 2.61. The Morgan fingerprint density at radius 3 is 2.62 bits per heavy atom. The average molecular weight is 372 g/mol. The number of nitrogens with zero attached hydrogens (tertiary/aromatic N) is 1. The lowest BCUT2D eigenvalue weighted by molar-refractivity contribution is 0.0931. The van der Waals surface area contributed by atoms with Crippen LogP contribution in [0.25, 0.3) is 11.1 Å². The molecule has 0 radical (unpaired) electrons. The maximum atomic E-state index is 12.5. The summed E-state index contributed by atoms with van der Waals surface area (Å²) in [6.45, 7) is 1.75. The van der Waals surface area contributed by atoms with Gasteiger partial charge in [-0.05, 0) is 55.3 Å². The Bertz CT molecular complexity index is 985. The van der Waals surface area contributed by atoms with Crippen LogP contribution in [0.15, 0.2) is 51.7 Å². The van der Waals surface area contributed by atoms with Crippen LogP contribution >= 0.6 is 11.6 Å². The number of piperidine rings is 1. The number of amides is 1. The van der Waals surface area contributed by atoms with Crippen molar-refractivity contribution in [3.05, 3.63) is 63.6 Å². The van der Waals surface area contributed by atoms with E-state index in [1.54, 1.807) is 18.2 Å². The Kier molecular flexibility index (Phi) is 4.42. The first kappa shape index (κ1) is 16.7. The maximum absolute atomic E-state index is 12.5. The quantitative estimate of drug-likeness (QED) is 0.741. The molecule has 0 spiro atoms. The van der Waals surface area contributed by atoms with E-state index in [1.165, 1.54) is 0 Å². The first-order valence-corrected chi connectivity index (χ1v) is 8.90. The number of oxazole rings is 1. The van der Waals surface area contributed by atoms with Gasteiger partial charge in [-0.1, -0.05) is 11.6 Å². The van der Waals surface area contributed by atoms with E-state index in [9.17, 15) is 9.59 Å². The van der Waals surface area contributed by atoms with E-state index in [0.717, 1.165) is 36.6 Å². The zero-order valence-electron chi connectivity index (χ0n) is 14.0. The number of carbonyl (C=O) groups is 1. The number of H-pyrrole nitrogens is 1.